The quantitative estimate of drug-likeness (QED) is 0.770. The van der Waals surface area contributed by atoms with Crippen LogP contribution < -0.4 is 10.6 Å². The van der Waals surface area contributed by atoms with Gasteiger partial charge in [-0.05, 0) is 62.1 Å². The highest BCUT2D eigenvalue weighted by Crippen LogP contribution is 2.32. The second-order valence-corrected chi connectivity index (χ2v) is 8.14. The number of piperidine rings is 1. The van der Waals surface area contributed by atoms with Crippen LogP contribution in [-0.4, -0.2) is 24.1 Å². The Morgan fingerprint density at radius 1 is 1.04 bits per heavy atom. The lowest BCUT2D eigenvalue weighted by Crippen LogP contribution is -2.39. The molecule has 2 bridgehead atoms. The molecule has 144 valence electrons. The Kier molecular flexibility index (Phi) is 6.96. The number of nitrogens with one attached hydrogen (secondary N) is 2. The monoisotopic (exact) mass is 378 g/mol. The molecule has 4 rings (SSSR count). The first-order chi connectivity index (χ1) is 12.2. The van der Waals surface area contributed by atoms with Crippen LogP contribution in [0.2, 0.25) is 0 Å². The van der Waals surface area contributed by atoms with Gasteiger partial charge in [0.1, 0.15) is 0 Å². The molecule has 1 aliphatic carbocycles. The Bertz CT molecular complexity index is 574. The topological polar surface area (TPSA) is 50.4 Å². The second kappa shape index (κ2) is 9.20. The van der Waals surface area contributed by atoms with E-state index in [2.05, 4.69) is 22.8 Å². The van der Waals surface area contributed by atoms with Gasteiger partial charge in [-0.25, -0.2) is 0 Å². The molecule has 0 radical (unpaired) electrons. The summed E-state index contributed by atoms with van der Waals surface area (Å²) in [7, 11) is 0. The summed E-state index contributed by atoms with van der Waals surface area (Å²) in [6.45, 7) is 0.677. The van der Waals surface area contributed by atoms with E-state index in [0.717, 1.165) is 18.5 Å². The number of halogens is 1. The Morgan fingerprint density at radius 3 is 2.35 bits per heavy atom. The summed E-state index contributed by atoms with van der Waals surface area (Å²) < 4.78 is 5.94. The first-order valence-electron chi connectivity index (χ1n) is 10.0. The minimum Gasteiger partial charge on any atom is -0.374 e. The van der Waals surface area contributed by atoms with Gasteiger partial charge < -0.3 is 15.4 Å². The van der Waals surface area contributed by atoms with Crippen molar-refractivity contribution in [1.82, 2.24) is 5.32 Å². The van der Waals surface area contributed by atoms with Crippen molar-refractivity contribution in [2.45, 2.75) is 82.6 Å². The maximum atomic E-state index is 12.3. The highest BCUT2D eigenvalue weighted by atomic mass is 35.5. The number of rotatable bonds is 6. The minimum absolute atomic E-state index is 0. The predicted molar refractivity (Wildman–Crippen MR) is 107 cm³/mol. The maximum Gasteiger partial charge on any atom is 0.224 e. The van der Waals surface area contributed by atoms with Crippen LogP contribution in [0.1, 0.15) is 63.4 Å². The van der Waals surface area contributed by atoms with Crippen LogP contribution in [-0.2, 0) is 16.1 Å². The first-order valence-corrected chi connectivity index (χ1v) is 10.0. The third kappa shape index (κ3) is 5.21. The van der Waals surface area contributed by atoms with Crippen molar-refractivity contribution in [2.24, 2.45) is 5.92 Å². The molecule has 0 spiro atoms. The molecule has 1 aromatic carbocycles. The van der Waals surface area contributed by atoms with E-state index in [4.69, 9.17) is 4.74 Å². The zero-order chi connectivity index (χ0) is 17.1. The third-order valence-corrected chi connectivity index (χ3v) is 6.07. The molecule has 2 atom stereocenters. The summed E-state index contributed by atoms with van der Waals surface area (Å²) in [4.78, 5) is 12.3. The van der Waals surface area contributed by atoms with E-state index < -0.39 is 0 Å². The van der Waals surface area contributed by atoms with Crippen LogP contribution >= 0.6 is 12.4 Å². The van der Waals surface area contributed by atoms with Crippen LogP contribution in [0.25, 0.3) is 0 Å². The highest BCUT2D eigenvalue weighted by Gasteiger charge is 2.34. The fraction of sp³-hybridized carbons (Fsp3) is 0.667. The lowest BCUT2D eigenvalue weighted by molar-refractivity contribution is -0.117. The minimum atomic E-state index is 0. The van der Waals surface area contributed by atoms with E-state index in [1.807, 2.05) is 12.1 Å². The number of hydrogen-bond donors (Lipinski definition) is 2. The zero-order valence-electron chi connectivity index (χ0n) is 15.4. The summed E-state index contributed by atoms with van der Waals surface area (Å²) in [6.07, 6.45) is 11.0. The summed E-state index contributed by atoms with van der Waals surface area (Å²) in [5.41, 5.74) is 2.08. The molecule has 0 aromatic heterocycles. The van der Waals surface area contributed by atoms with Crippen molar-refractivity contribution in [3.8, 4) is 0 Å². The van der Waals surface area contributed by atoms with Crippen molar-refractivity contribution in [3.63, 3.8) is 0 Å². The van der Waals surface area contributed by atoms with Crippen LogP contribution in [0.4, 0.5) is 5.69 Å². The number of amides is 1. The normalized spacial score (nSPS) is 27.9. The van der Waals surface area contributed by atoms with Gasteiger partial charge in [-0.3, -0.25) is 4.79 Å². The van der Waals surface area contributed by atoms with Gasteiger partial charge in [0.05, 0.1) is 12.7 Å². The molecule has 3 aliphatic rings. The molecule has 2 aliphatic heterocycles. The Labute approximate surface area is 162 Å². The number of benzene rings is 1. The number of anilines is 1. The van der Waals surface area contributed by atoms with Gasteiger partial charge in [0.25, 0.3) is 0 Å². The van der Waals surface area contributed by atoms with Gasteiger partial charge in [0, 0.05) is 24.2 Å². The largest absolute Gasteiger partial charge is 0.374 e. The Morgan fingerprint density at radius 2 is 1.69 bits per heavy atom. The molecule has 4 nitrogen and oxygen atoms in total. The molecule has 3 fully saturated rings. The molecule has 2 heterocycles. The number of ether oxygens (including phenoxy) is 1. The van der Waals surface area contributed by atoms with Gasteiger partial charge in [-0.15, -0.1) is 12.4 Å². The van der Waals surface area contributed by atoms with Crippen molar-refractivity contribution in [1.29, 1.82) is 0 Å². The second-order valence-electron chi connectivity index (χ2n) is 8.14. The fourth-order valence-electron chi connectivity index (χ4n) is 4.77. The van der Waals surface area contributed by atoms with E-state index in [9.17, 15) is 4.79 Å². The van der Waals surface area contributed by atoms with E-state index in [-0.39, 0.29) is 18.3 Å². The third-order valence-electron chi connectivity index (χ3n) is 6.07. The van der Waals surface area contributed by atoms with Gasteiger partial charge in [-0.2, -0.15) is 0 Å². The van der Waals surface area contributed by atoms with Gasteiger partial charge in [-0.1, -0.05) is 25.0 Å². The Hall–Kier alpha value is -1.10. The van der Waals surface area contributed by atoms with Crippen LogP contribution in [0.3, 0.4) is 0 Å². The average Bonchev–Trinajstić information content (AvgIpc) is 3.24. The molecular formula is C21H31ClN2O2. The predicted octanol–water partition coefficient (Wildman–Crippen LogP) is 4.43. The fourth-order valence-corrected chi connectivity index (χ4v) is 4.77. The van der Waals surface area contributed by atoms with Gasteiger partial charge in [0.2, 0.25) is 5.91 Å². The molecular weight excluding hydrogens is 348 g/mol. The maximum absolute atomic E-state index is 12.3. The smallest absolute Gasteiger partial charge is 0.224 e. The average molecular weight is 379 g/mol. The molecule has 1 aromatic rings. The van der Waals surface area contributed by atoms with Gasteiger partial charge >= 0.3 is 0 Å². The molecule has 1 saturated carbocycles. The van der Waals surface area contributed by atoms with E-state index in [1.165, 1.54) is 44.1 Å². The van der Waals surface area contributed by atoms with Crippen molar-refractivity contribution in [3.05, 3.63) is 29.8 Å². The number of carbonyl (C=O) groups is 1. The van der Waals surface area contributed by atoms with Crippen molar-refractivity contribution in [2.75, 3.05) is 5.32 Å². The SMILES string of the molecule is Cl.O=C(CC1CC2CCC(C1)N2)Nc1ccc(COC2CCCC2)cc1. The molecule has 1 amide bonds. The van der Waals surface area contributed by atoms with E-state index >= 15 is 0 Å². The zero-order valence-corrected chi connectivity index (χ0v) is 16.2. The summed E-state index contributed by atoms with van der Waals surface area (Å²) in [5.74, 6) is 0.694. The van der Waals surface area contributed by atoms with E-state index in [0.29, 0.717) is 37.1 Å². The van der Waals surface area contributed by atoms with Crippen LogP contribution in [0.15, 0.2) is 24.3 Å². The lowest BCUT2D eigenvalue weighted by atomic mass is 9.89. The summed E-state index contributed by atoms with van der Waals surface area (Å²) in [5, 5.41) is 6.70. The highest BCUT2D eigenvalue weighted by molar-refractivity contribution is 5.90. The molecule has 5 heteroatoms. The van der Waals surface area contributed by atoms with E-state index in [1.54, 1.807) is 0 Å². The number of hydrogen-bond acceptors (Lipinski definition) is 3. The summed E-state index contributed by atoms with van der Waals surface area (Å²) in [6, 6.07) is 9.42. The molecule has 26 heavy (non-hydrogen) atoms. The summed E-state index contributed by atoms with van der Waals surface area (Å²) >= 11 is 0. The van der Waals surface area contributed by atoms with Gasteiger partial charge in [0.15, 0.2) is 0 Å². The first kappa shape index (κ1) is 19.7. The van der Waals surface area contributed by atoms with Crippen molar-refractivity contribution < 1.29 is 9.53 Å². The number of carbonyl (C=O) groups excluding carboxylic acids is 1. The molecule has 2 saturated heterocycles. The molecule has 2 unspecified atom stereocenters. The Balaban J connectivity index is 0.00000196. The van der Waals surface area contributed by atoms with Crippen LogP contribution in [0, 0.1) is 5.92 Å². The molecule has 2 N–H and O–H groups in total. The van der Waals surface area contributed by atoms with Crippen molar-refractivity contribution >= 4 is 24.0 Å². The van der Waals surface area contributed by atoms with Crippen LogP contribution in [0.5, 0.6) is 0 Å². The lowest BCUT2D eigenvalue weighted by Gasteiger charge is -2.28. The standard InChI is InChI=1S/C21H30N2O2.ClH/c24-21(13-16-11-18-9-10-19(12-16)22-18)23-17-7-5-15(6-8-17)14-25-20-3-1-2-4-20;/h5-8,16,18-20,22H,1-4,9-14H2,(H,23,24);1H. The number of fused-ring (bicyclic) bond motifs is 2.